The standard InChI is InChI=1S/C18H16FN3O3/c19-14-4-1-3-13(11-14)12-17(23)20-8-9-22-18(24)7-6-15(21-22)16-5-2-10-25-16/h1-7,10-11H,8-9,12H2,(H,20,23). The Morgan fingerprint density at radius 2 is 2.08 bits per heavy atom. The summed E-state index contributed by atoms with van der Waals surface area (Å²) in [5, 5.41) is 6.91. The fourth-order valence-electron chi connectivity index (χ4n) is 2.36. The molecular formula is C18H16FN3O3. The van der Waals surface area contributed by atoms with Gasteiger partial charge in [0.15, 0.2) is 5.76 Å². The van der Waals surface area contributed by atoms with Gasteiger partial charge in [-0.1, -0.05) is 12.1 Å². The molecule has 0 aliphatic heterocycles. The predicted octanol–water partition coefficient (Wildman–Crippen LogP) is 2.00. The number of nitrogens with zero attached hydrogens (tertiary/aromatic N) is 2. The lowest BCUT2D eigenvalue weighted by atomic mass is 10.1. The average molecular weight is 341 g/mol. The van der Waals surface area contributed by atoms with E-state index in [0.717, 1.165) is 0 Å². The average Bonchev–Trinajstić information content (AvgIpc) is 3.11. The lowest BCUT2D eigenvalue weighted by Gasteiger charge is -2.08. The molecule has 2 heterocycles. The van der Waals surface area contributed by atoms with Gasteiger partial charge >= 0.3 is 0 Å². The predicted molar refractivity (Wildman–Crippen MR) is 89.3 cm³/mol. The Labute approximate surface area is 142 Å². The van der Waals surface area contributed by atoms with Crippen molar-refractivity contribution in [2.45, 2.75) is 13.0 Å². The summed E-state index contributed by atoms with van der Waals surface area (Å²) in [7, 11) is 0. The molecular weight excluding hydrogens is 325 g/mol. The van der Waals surface area contributed by atoms with Crippen LogP contribution in [-0.2, 0) is 17.8 Å². The van der Waals surface area contributed by atoms with Gasteiger partial charge in [-0.05, 0) is 35.9 Å². The topological polar surface area (TPSA) is 77.1 Å². The van der Waals surface area contributed by atoms with E-state index in [1.165, 1.54) is 29.1 Å². The van der Waals surface area contributed by atoms with Crippen LogP contribution in [0.25, 0.3) is 11.5 Å². The summed E-state index contributed by atoms with van der Waals surface area (Å²) in [6, 6.07) is 12.4. The van der Waals surface area contributed by atoms with Crippen LogP contribution < -0.4 is 10.9 Å². The van der Waals surface area contributed by atoms with Crippen molar-refractivity contribution in [1.82, 2.24) is 15.1 Å². The van der Waals surface area contributed by atoms with Crippen molar-refractivity contribution in [2.24, 2.45) is 0 Å². The van der Waals surface area contributed by atoms with Crippen LogP contribution >= 0.6 is 0 Å². The molecule has 0 aliphatic carbocycles. The lowest BCUT2D eigenvalue weighted by Crippen LogP contribution is -2.32. The maximum Gasteiger partial charge on any atom is 0.266 e. The van der Waals surface area contributed by atoms with E-state index in [-0.39, 0.29) is 36.8 Å². The second kappa shape index (κ2) is 7.57. The number of hydrogen-bond acceptors (Lipinski definition) is 4. The first-order valence-corrected chi connectivity index (χ1v) is 7.75. The van der Waals surface area contributed by atoms with Crippen LogP contribution in [0.4, 0.5) is 4.39 Å². The zero-order chi connectivity index (χ0) is 17.6. The molecule has 1 N–H and O–H groups in total. The number of furan rings is 1. The van der Waals surface area contributed by atoms with Gasteiger partial charge in [-0.2, -0.15) is 5.10 Å². The first-order chi connectivity index (χ1) is 12.1. The van der Waals surface area contributed by atoms with Crippen LogP contribution in [0.1, 0.15) is 5.56 Å². The van der Waals surface area contributed by atoms with Crippen LogP contribution in [-0.4, -0.2) is 22.2 Å². The van der Waals surface area contributed by atoms with E-state index < -0.39 is 0 Å². The minimum Gasteiger partial charge on any atom is -0.463 e. The molecule has 0 aliphatic rings. The van der Waals surface area contributed by atoms with Crippen molar-refractivity contribution in [1.29, 1.82) is 0 Å². The second-order valence-electron chi connectivity index (χ2n) is 5.41. The fourth-order valence-corrected chi connectivity index (χ4v) is 2.36. The van der Waals surface area contributed by atoms with Crippen LogP contribution in [0.15, 0.2) is 64.0 Å². The third-order valence-electron chi connectivity index (χ3n) is 3.54. The first-order valence-electron chi connectivity index (χ1n) is 7.75. The number of nitrogens with one attached hydrogen (secondary N) is 1. The molecule has 0 radical (unpaired) electrons. The van der Waals surface area contributed by atoms with Crippen molar-refractivity contribution >= 4 is 5.91 Å². The maximum atomic E-state index is 13.1. The molecule has 128 valence electrons. The second-order valence-corrected chi connectivity index (χ2v) is 5.41. The Hall–Kier alpha value is -3.22. The van der Waals surface area contributed by atoms with Gasteiger partial charge < -0.3 is 9.73 Å². The molecule has 0 saturated carbocycles. The molecule has 3 rings (SSSR count). The highest BCUT2D eigenvalue weighted by Crippen LogP contribution is 2.14. The van der Waals surface area contributed by atoms with E-state index in [1.807, 2.05) is 0 Å². The van der Waals surface area contributed by atoms with Gasteiger partial charge in [0, 0.05) is 12.6 Å². The number of aromatic nitrogens is 2. The monoisotopic (exact) mass is 341 g/mol. The number of halogens is 1. The Bertz CT molecular complexity index is 919. The lowest BCUT2D eigenvalue weighted by molar-refractivity contribution is -0.120. The summed E-state index contributed by atoms with van der Waals surface area (Å²) in [6.07, 6.45) is 1.60. The Morgan fingerprint density at radius 1 is 1.20 bits per heavy atom. The smallest absolute Gasteiger partial charge is 0.266 e. The highest BCUT2D eigenvalue weighted by atomic mass is 19.1. The van der Waals surface area contributed by atoms with Gasteiger partial charge in [-0.25, -0.2) is 9.07 Å². The number of rotatable bonds is 6. The van der Waals surface area contributed by atoms with Gasteiger partial charge in [0.25, 0.3) is 5.56 Å². The van der Waals surface area contributed by atoms with E-state index in [1.54, 1.807) is 30.3 Å². The Morgan fingerprint density at radius 3 is 2.84 bits per heavy atom. The minimum absolute atomic E-state index is 0.0759. The molecule has 0 unspecified atom stereocenters. The summed E-state index contributed by atoms with van der Waals surface area (Å²) in [4.78, 5) is 23.8. The Balaban J connectivity index is 1.57. The normalized spacial score (nSPS) is 10.6. The van der Waals surface area contributed by atoms with E-state index in [9.17, 15) is 14.0 Å². The zero-order valence-corrected chi connectivity index (χ0v) is 13.3. The summed E-state index contributed by atoms with van der Waals surface area (Å²) in [5.74, 6) is -0.0690. The van der Waals surface area contributed by atoms with E-state index >= 15 is 0 Å². The number of amides is 1. The molecule has 1 aromatic carbocycles. The van der Waals surface area contributed by atoms with Crippen molar-refractivity contribution in [3.05, 3.63) is 76.5 Å². The third-order valence-corrected chi connectivity index (χ3v) is 3.54. The third kappa shape index (κ3) is 4.41. The maximum absolute atomic E-state index is 13.1. The largest absolute Gasteiger partial charge is 0.463 e. The fraction of sp³-hybridized carbons (Fsp3) is 0.167. The van der Waals surface area contributed by atoms with Crippen LogP contribution in [0.2, 0.25) is 0 Å². The van der Waals surface area contributed by atoms with Crippen molar-refractivity contribution in [3.63, 3.8) is 0 Å². The van der Waals surface area contributed by atoms with Gasteiger partial charge in [-0.15, -0.1) is 0 Å². The van der Waals surface area contributed by atoms with Gasteiger partial charge in [0.05, 0.1) is 19.2 Å². The quantitative estimate of drug-likeness (QED) is 0.744. The Kier molecular flexibility index (Phi) is 5.03. The summed E-state index contributed by atoms with van der Waals surface area (Å²) in [6.45, 7) is 0.463. The molecule has 6 nitrogen and oxygen atoms in total. The molecule has 0 bridgehead atoms. The molecule has 25 heavy (non-hydrogen) atoms. The highest BCUT2D eigenvalue weighted by molar-refractivity contribution is 5.78. The van der Waals surface area contributed by atoms with Gasteiger partial charge in [0.2, 0.25) is 5.91 Å². The molecule has 0 atom stereocenters. The highest BCUT2D eigenvalue weighted by Gasteiger charge is 2.07. The number of carbonyl (C=O) groups is 1. The molecule has 0 fully saturated rings. The van der Waals surface area contributed by atoms with Gasteiger partial charge in [-0.3, -0.25) is 9.59 Å². The zero-order valence-electron chi connectivity index (χ0n) is 13.3. The number of carbonyl (C=O) groups excluding carboxylic acids is 1. The van der Waals surface area contributed by atoms with E-state index in [4.69, 9.17) is 4.42 Å². The van der Waals surface area contributed by atoms with E-state index in [2.05, 4.69) is 10.4 Å². The van der Waals surface area contributed by atoms with Crippen molar-refractivity contribution in [3.8, 4) is 11.5 Å². The van der Waals surface area contributed by atoms with Gasteiger partial charge in [0.1, 0.15) is 11.5 Å². The molecule has 0 spiro atoms. The van der Waals surface area contributed by atoms with Crippen molar-refractivity contribution in [2.75, 3.05) is 6.54 Å². The SMILES string of the molecule is O=C(Cc1cccc(F)c1)NCCn1nc(-c2ccco2)ccc1=O. The van der Waals surface area contributed by atoms with Crippen LogP contribution in [0, 0.1) is 5.82 Å². The molecule has 1 amide bonds. The number of benzene rings is 1. The van der Waals surface area contributed by atoms with Crippen LogP contribution in [0.3, 0.4) is 0 Å². The molecule has 7 heteroatoms. The summed E-state index contributed by atoms with van der Waals surface area (Å²) in [5.41, 5.74) is 0.859. The number of hydrogen-bond donors (Lipinski definition) is 1. The molecule has 3 aromatic rings. The first kappa shape index (κ1) is 16.6. The summed E-state index contributed by atoms with van der Waals surface area (Å²) < 4.78 is 19.6. The van der Waals surface area contributed by atoms with Crippen molar-refractivity contribution < 1.29 is 13.6 Å². The van der Waals surface area contributed by atoms with E-state index in [0.29, 0.717) is 17.0 Å². The van der Waals surface area contributed by atoms with Crippen LogP contribution in [0.5, 0.6) is 0 Å². The minimum atomic E-state index is -0.379. The summed E-state index contributed by atoms with van der Waals surface area (Å²) >= 11 is 0. The molecule has 2 aromatic heterocycles. The molecule has 0 saturated heterocycles.